The molecule has 5 fully saturated rings. The van der Waals surface area contributed by atoms with Crippen LogP contribution in [0.15, 0.2) is 47.1 Å². The summed E-state index contributed by atoms with van der Waals surface area (Å²) < 4.78 is 5.64. The van der Waals surface area contributed by atoms with Crippen LogP contribution >= 0.6 is 0 Å². The van der Waals surface area contributed by atoms with Gasteiger partial charge in [-0.15, -0.1) is 0 Å². The summed E-state index contributed by atoms with van der Waals surface area (Å²) in [5.74, 6) is 4.13. The molecular weight excluding hydrogens is 448 g/mol. The molecule has 1 aromatic heterocycles. The van der Waals surface area contributed by atoms with Crippen molar-refractivity contribution in [1.82, 2.24) is 10.2 Å². The lowest BCUT2D eigenvalue weighted by atomic mass is 9.52. The highest BCUT2D eigenvalue weighted by Crippen LogP contribution is 2.56. The van der Waals surface area contributed by atoms with Gasteiger partial charge in [0.1, 0.15) is 11.3 Å². The Bertz CT molecular complexity index is 1110. The fraction of sp³-hybridized carbons (Fsp3) is 0.613. The second-order valence-corrected chi connectivity index (χ2v) is 12.9. The SMILES string of the molecule is O=CN(Cc1ccco1)C1(C(=O)NC23CC4CC(CC(C4)C2)C3)CC[C@@H]2Cc3ccccc3C[C@H]2C1. The molecule has 5 heteroatoms. The number of nitrogens with zero attached hydrogens (tertiary/aromatic N) is 1. The van der Waals surface area contributed by atoms with Crippen molar-refractivity contribution >= 4 is 12.3 Å². The van der Waals surface area contributed by atoms with Crippen molar-refractivity contribution in [3.05, 3.63) is 59.5 Å². The highest BCUT2D eigenvalue weighted by atomic mass is 16.3. The van der Waals surface area contributed by atoms with E-state index in [1.165, 1.54) is 30.4 Å². The zero-order chi connectivity index (χ0) is 24.3. The minimum absolute atomic E-state index is 0.0614. The van der Waals surface area contributed by atoms with Crippen LogP contribution in [-0.4, -0.2) is 28.3 Å². The van der Waals surface area contributed by atoms with E-state index in [0.717, 1.165) is 81.3 Å². The van der Waals surface area contributed by atoms with Gasteiger partial charge in [0.05, 0.1) is 12.8 Å². The molecule has 2 amide bonds. The minimum Gasteiger partial charge on any atom is -0.467 e. The molecule has 1 unspecified atom stereocenters. The zero-order valence-electron chi connectivity index (χ0n) is 21.2. The molecule has 5 nitrogen and oxygen atoms in total. The van der Waals surface area contributed by atoms with Gasteiger partial charge in [-0.2, -0.15) is 0 Å². The van der Waals surface area contributed by atoms with E-state index in [0.29, 0.717) is 18.4 Å². The normalized spacial score (nSPS) is 38.2. The largest absolute Gasteiger partial charge is 0.467 e. The molecule has 0 saturated heterocycles. The summed E-state index contributed by atoms with van der Waals surface area (Å²) in [6.07, 6.45) is 14.5. The Morgan fingerprint density at radius 3 is 2.22 bits per heavy atom. The van der Waals surface area contributed by atoms with Crippen LogP contribution in [0.2, 0.25) is 0 Å². The first-order chi connectivity index (χ1) is 17.5. The predicted molar refractivity (Wildman–Crippen MR) is 137 cm³/mol. The molecule has 6 aliphatic carbocycles. The molecule has 190 valence electrons. The standard InChI is InChI=1S/C31H38N2O3/c34-20-33(19-28-6-3-9-36-28)31(8-7-26-13-24-4-1-2-5-25(24)14-27(26)18-31)29(35)32-30-15-21-10-22(16-30)12-23(11-21)17-30/h1-6,9,20-23,26-27H,7-8,10-19H2,(H,32,35)/t21?,22?,23?,26-,27+,30?,31?/m1/s1. The Kier molecular flexibility index (Phi) is 5.34. The number of rotatable bonds is 6. The molecule has 3 atom stereocenters. The van der Waals surface area contributed by atoms with E-state index in [4.69, 9.17) is 4.42 Å². The molecule has 1 N–H and O–H groups in total. The Balaban J connectivity index is 1.20. The topological polar surface area (TPSA) is 62.6 Å². The number of furan rings is 1. The van der Waals surface area contributed by atoms with Crippen LogP contribution in [0.5, 0.6) is 0 Å². The van der Waals surface area contributed by atoms with Gasteiger partial charge in [-0.1, -0.05) is 24.3 Å². The number of carbonyl (C=O) groups excluding carboxylic acids is 2. The number of benzene rings is 1. The Labute approximate surface area is 214 Å². The smallest absolute Gasteiger partial charge is 0.246 e. The van der Waals surface area contributed by atoms with Crippen molar-refractivity contribution < 1.29 is 14.0 Å². The summed E-state index contributed by atoms with van der Waals surface area (Å²) in [6.45, 7) is 0.346. The summed E-state index contributed by atoms with van der Waals surface area (Å²) in [5, 5.41) is 3.67. The van der Waals surface area contributed by atoms with Gasteiger partial charge < -0.3 is 14.6 Å². The molecule has 1 aromatic carbocycles. The Morgan fingerprint density at radius 2 is 1.61 bits per heavy atom. The van der Waals surface area contributed by atoms with Crippen molar-refractivity contribution in [1.29, 1.82) is 0 Å². The van der Waals surface area contributed by atoms with Crippen LogP contribution in [0.4, 0.5) is 0 Å². The number of hydrogen-bond donors (Lipinski definition) is 1. The number of nitrogens with one attached hydrogen (secondary N) is 1. The fourth-order valence-electron chi connectivity index (χ4n) is 9.47. The first-order valence-electron chi connectivity index (χ1n) is 14.2. The van der Waals surface area contributed by atoms with Gasteiger partial charge in [0.25, 0.3) is 0 Å². The fourth-order valence-corrected chi connectivity index (χ4v) is 9.47. The van der Waals surface area contributed by atoms with E-state index in [9.17, 15) is 9.59 Å². The van der Waals surface area contributed by atoms with Crippen LogP contribution in [-0.2, 0) is 29.0 Å². The average molecular weight is 487 g/mol. The number of amides is 2. The third-order valence-electron chi connectivity index (χ3n) is 10.7. The van der Waals surface area contributed by atoms with E-state index in [1.54, 1.807) is 11.2 Å². The number of hydrogen-bond acceptors (Lipinski definition) is 3. The summed E-state index contributed by atoms with van der Waals surface area (Å²) in [4.78, 5) is 29.0. The quantitative estimate of drug-likeness (QED) is 0.566. The van der Waals surface area contributed by atoms with Crippen molar-refractivity contribution in [3.8, 4) is 0 Å². The molecule has 0 aliphatic heterocycles. The van der Waals surface area contributed by atoms with Crippen LogP contribution in [0, 0.1) is 29.6 Å². The first-order valence-corrected chi connectivity index (χ1v) is 14.2. The van der Waals surface area contributed by atoms with Gasteiger partial charge in [0.2, 0.25) is 12.3 Å². The van der Waals surface area contributed by atoms with E-state index in [2.05, 4.69) is 29.6 Å². The van der Waals surface area contributed by atoms with Crippen LogP contribution in [0.1, 0.15) is 74.7 Å². The first kappa shape index (κ1) is 22.6. The maximum Gasteiger partial charge on any atom is 0.246 e. The molecule has 6 aliphatic rings. The molecule has 1 heterocycles. The van der Waals surface area contributed by atoms with Gasteiger partial charge in [-0.3, -0.25) is 9.59 Å². The van der Waals surface area contributed by atoms with Crippen molar-refractivity contribution in [2.75, 3.05) is 0 Å². The third-order valence-corrected chi connectivity index (χ3v) is 10.7. The predicted octanol–water partition coefficient (Wildman–Crippen LogP) is 5.28. The van der Waals surface area contributed by atoms with Crippen molar-refractivity contribution in [2.24, 2.45) is 29.6 Å². The molecule has 0 spiro atoms. The van der Waals surface area contributed by atoms with Crippen molar-refractivity contribution in [2.45, 2.75) is 88.3 Å². The van der Waals surface area contributed by atoms with Crippen LogP contribution in [0.25, 0.3) is 0 Å². The van der Waals surface area contributed by atoms with Gasteiger partial charge >= 0.3 is 0 Å². The summed E-state index contributed by atoms with van der Waals surface area (Å²) in [6, 6.07) is 12.5. The molecule has 36 heavy (non-hydrogen) atoms. The highest BCUT2D eigenvalue weighted by molar-refractivity contribution is 5.89. The molecule has 8 rings (SSSR count). The third kappa shape index (κ3) is 3.72. The molecule has 2 aromatic rings. The Morgan fingerprint density at radius 1 is 0.944 bits per heavy atom. The van der Waals surface area contributed by atoms with E-state index < -0.39 is 5.54 Å². The lowest BCUT2D eigenvalue weighted by Gasteiger charge is -2.58. The molecule has 4 bridgehead atoms. The second kappa shape index (κ2) is 8.49. The Hall–Kier alpha value is -2.56. The van der Waals surface area contributed by atoms with Crippen LogP contribution < -0.4 is 5.32 Å². The maximum atomic E-state index is 14.5. The van der Waals surface area contributed by atoms with E-state index in [-0.39, 0.29) is 11.4 Å². The monoisotopic (exact) mass is 486 g/mol. The molecular formula is C31H38N2O3. The highest BCUT2D eigenvalue weighted by Gasteiger charge is 2.56. The minimum atomic E-state index is -0.814. The van der Waals surface area contributed by atoms with Gasteiger partial charge in [0.15, 0.2) is 0 Å². The molecule has 5 saturated carbocycles. The summed E-state index contributed by atoms with van der Waals surface area (Å²) in [7, 11) is 0. The average Bonchev–Trinajstić information content (AvgIpc) is 3.38. The number of carbonyl (C=O) groups is 2. The van der Waals surface area contributed by atoms with E-state index in [1.807, 2.05) is 12.1 Å². The molecule has 0 radical (unpaired) electrons. The van der Waals surface area contributed by atoms with Gasteiger partial charge in [-0.25, -0.2) is 0 Å². The van der Waals surface area contributed by atoms with E-state index >= 15 is 0 Å². The van der Waals surface area contributed by atoms with Crippen molar-refractivity contribution in [3.63, 3.8) is 0 Å². The second-order valence-electron chi connectivity index (χ2n) is 12.9. The van der Waals surface area contributed by atoms with Gasteiger partial charge in [-0.05, 0) is 123 Å². The van der Waals surface area contributed by atoms with Gasteiger partial charge in [0, 0.05) is 5.54 Å². The maximum absolute atomic E-state index is 14.5. The lowest BCUT2D eigenvalue weighted by Crippen LogP contribution is -2.68. The number of fused-ring (bicyclic) bond motifs is 2. The summed E-state index contributed by atoms with van der Waals surface area (Å²) >= 11 is 0. The lowest BCUT2D eigenvalue weighted by molar-refractivity contribution is -0.151. The van der Waals surface area contributed by atoms with Crippen LogP contribution in [0.3, 0.4) is 0 Å². The zero-order valence-corrected chi connectivity index (χ0v) is 21.2. The summed E-state index contributed by atoms with van der Waals surface area (Å²) in [5.41, 5.74) is 2.01.